The van der Waals surface area contributed by atoms with Crippen LogP contribution in [0.4, 0.5) is 0 Å². The second kappa shape index (κ2) is 6.76. The van der Waals surface area contributed by atoms with Gasteiger partial charge in [0.1, 0.15) is 0 Å². The number of carbonyl (C=O) groups excluding carboxylic acids is 1. The largest absolute Gasteiger partial charge is 0.496 e. The van der Waals surface area contributed by atoms with E-state index >= 15 is 0 Å². The molecule has 0 radical (unpaired) electrons. The Labute approximate surface area is 159 Å². The zero-order valence-electron chi connectivity index (χ0n) is 16.6. The second-order valence-corrected chi connectivity index (χ2v) is 7.25. The summed E-state index contributed by atoms with van der Waals surface area (Å²) in [5.74, 6) is 1.74. The van der Waals surface area contributed by atoms with Gasteiger partial charge in [0, 0.05) is 5.56 Å². The third-order valence-electron chi connectivity index (χ3n) is 4.97. The lowest BCUT2D eigenvalue weighted by Crippen LogP contribution is -2.36. The maximum atomic E-state index is 12.3. The van der Waals surface area contributed by atoms with Crippen molar-refractivity contribution in [2.24, 2.45) is 10.4 Å². The van der Waals surface area contributed by atoms with E-state index in [1.807, 2.05) is 24.3 Å². The Morgan fingerprint density at radius 1 is 0.963 bits per heavy atom. The van der Waals surface area contributed by atoms with Crippen LogP contribution in [0, 0.1) is 5.41 Å². The number of hydrogen-bond acceptors (Lipinski definition) is 6. The van der Waals surface area contributed by atoms with Gasteiger partial charge in [0.25, 0.3) is 0 Å². The van der Waals surface area contributed by atoms with Crippen LogP contribution in [0.15, 0.2) is 46.9 Å². The Morgan fingerprint density at radius 2 is 1.67 bits per heavy atom. The first kappa shape index (κ1) is 19.0. The maximum Gasteiger partial charge on any atom is 0.223 e. The van der Waals surface area contributed by atoms with Crippen molar-refractivity contribution in [3.8, 4) is 11.5 Å². The van der Waals surface area contributed by atoms with Gasteiger partial charge in [-0.05, 0) is 44.5 Å². The molecule has 1 atom stereocenters. The molecule has 1 spiro atoms. The summed E-state index contributed by atoms with van der Waals surface area (Å²) in [5, 5.41) is 0. The van der Waals surface area contributed by atoms with E-state index in [-0.39, 0.29) is 17.1 Å². The number of ketones is 1. The van der Waals surface area contributed by atoms with Crippen LogP contribution >= 0.6 is 0 Å². The smallest absolute Gasteiger partial charge is 0.223 e. The molecule has 0 amide bonds. The number of nitrogens with zero attached hydrogens (tertiary/aromatic N) is 1. The van der Waals surface area contributed by atoms with Gasteiger partial charge in [-0.25, -0.2) is 0 Å². The van der Waals surface area contributed by atoms with Crippen molar-refractivity contribution in [2.75, 3.05) is 28.4 Å². The first-order valence-corrected chi connectivity index (χ1v) is 8.71. The van der Waals surface area contributed by atoms with Gasteiger partial charge in [0.2, 0.25) is 11.5 Å². The predicted octanol–water partition coefficient (Wildman–Crippen LogP) is 3.30. The van der Waals surface area contributed by atoms with Crippen molar-refractivity contribution in [1.29, 1.82) is 0 Å². The molecule has 1 heterocycles. The van der Waals surface area contributed by atoms with E-state index in [1.165, 1.54) is 7.11 Å². The number of benzene rings is 1. The topological polar surface area (TPSA) is 66.4 Å². The van der Waals surface area contributed by atoms with Crippen LogP contribution in [-0.4, -0.2) is 45.5 Å². The number of aliphatic imine (C=N–C) groups is 1. The average Bonchev–Trinajstić information content (AvgIpc) is 2.93. The van der Waals surface area contributed by atoms with Gasteiger partial charge in [-0.2, -0.15) is 0 Å². The maximum absolute atomic E-state index is 12.3. The highest BCUT2D eigenvalue weighted by Crippen LogP contribution is 2.51. The summed E-state index contributed by atoms with van der Waals surface area (Å²) in [6.45, 7) is 4.12. The molecule has 0 N–H and O–H groups in total. The molecular weight excluding hydrogens is 346 g/mol. The molecule has 0 bridgehead atoms. The summed E-state index contributed by atoms with van der Waals surface area (Å²) in [4.78, 5) is 17.3. The monoisotopic (exact) mass is 371 g/mol. The van der Waals surface area contributed by atoms with Gasteiger partial charge in [0.05, 0.1) is 45.1 Å². The molecule has 1 aliphatic heterocycles. The fourth-order valence-corrected chi connectivity index (χ4v) is 3.99. The van der Waals surface area contributed by atoms with Crippen molar-refractivity contribution in [3.05, 3.63) is 47.4 Å². The molecule has 0 fully saturated rings. The minimum absolute atomic E-state index is 0.212. The highest BCUT2D eigenvalue weighted by Gasteiger charge is 2.52. The lowest BCUT2D eigenvalue weighted by molar-refractivity contribution is -0.115. The number of hydrogen-bond donors (Lipinski definition) is 0. The second-order valence-electron chi connectivity index (χ2n) is 7.25. The van der Waals surface area contributed by atoms with Crippen LogP contribution < -0.4 is 9.47 Å². The molecular formula is C21H25NO5. The SMILES string of the molecule is COC1=C(OC)[C@@]2(C=CC1=O)CC(C)(C)N=C2c1ccc(OC)c(OC)c1. The normalized spacial score (nSPS) is 23.5. The van der Waals surface area contributed by atoms with Crippen LogP contribution in [0.3, 0.4) is 0 Å². The number of methoxy groups -OCH3 is 4. The molecule has 0 unspecified atom stereocenters. The van der Waals surface area contributed by atoms with Gasteiger partial charge in [0.15, 0.2) is 17.3 Å². The minimum Gasteiger partial charge on any atom is -0.496 e. The van der Waals surface area contributed by atoms with Crippen molar-refractivity contribution >= 4 is 11.5 Å². The van der Waals surface area contributed by atoms with Crippen LogP contribution in [0.2, 0.25) is 0 Å². The molecule has 0 aromatic heterocycles. The van der Waals surface area contributed by atoms with E-state index < -0.39 is 5.41 Å². The minimum atomic E-state index is -0.683. The summed E-state index contributed by atoms with van der Waals surface area (Å²) in [7, 11) is 6.23. The molecule has 0 saturated carbocycles. The zero-order valence-corrected chi connectivity index (χ0v) is 16.6. The highest BCUT2D eigenvalue weighted by molar-refractivity contribution is 6.14. The summed E-state index contributed by atoms with van der Waals surface area (Å²) < 4.78 is 21.9. The quantitative estimate of drug-likeness (QED) is 0.794. The number of ether oxygens (including phenoxy) is 4. The average molecular weight is 371 g/mol. The Kier molecular flexibility index (Phi) is 4.76. The number of rotatable bonds is 5. The van der Waals surface area contributed by atoms with Crippen LogP contribution in [-0.2, 0) is 14.3 Å². The molecule has 1 aromatic carbocycles. The summed E-state index contributed by atoms with van der Waals surface area (Å²) in [6, 6.07) is 5.68. The predicted molar refractivity (Wildman–Crippen MR) is 102 cm³/mol. The van der Waals surface area contributed by atoms with Gasteiger partial charge in [-0.3, -0.25) is 9.79 Å². The van der Waals surface area contributed by atoms with Crippen LogP contribution in [0.25, 0.3) is 0 Å². The summed E-state index contributed by atoms with van der Waals surface area (Å²) in [6.07, 6.45) is 4.07. The number of carbonyl (C=O) groups is 1. The van der Waals surface area contributed by atoms with E-state index in [1.54, 1.807) is 27.4 Å². The summed E-state index contributed by atoms with van der Waals surface area (Å²) >= 11 is 0. The van der Waals surface area contributed by atoms with Crippen molar-refractivity contribution < 1.29 is 23.7 Å². The Bertz CT molecular complexity index is 865. The first-order valence-electron chi connectivity index (χ1n) is 8.71. The molecule has 3 rings (SSSR count). The van der Waals surface area contributed by atoms with E-state index in [0.29, 0.717) is 23.7 Å². The van der Waals surface area contributed by atoms with Gasteiger partial charge in [-0.15, -0.1) is 0 Å². The number of allylic oxidation sites excluding steroid dienone is 2. The van der Waals surface area contributed by atoms with Crippen molar-refractivity contribution in [2.45, 2.75) is 25.8 Å². The molecule has 1 aromatic rings. The summed E-state index contributed by atoms with van der Waals surface area (Å²) in [5.41, 5.74) is 0.665. The van der Waals surface area contributed by atoms with Crippen molar-refractivity contribution in [1.82, 2.24) is 0 Å². The van der Waals surface area contributed by atoms with Gasteiger partial charge in [-0.1, -0.05) is 6.08 Å². The van der Waals surface area contributed by atoms with E-state index in [2.05, 4.69) is 13.8 Å². The molecule has 2 aliphatic rings. The van der Waals surface area contributed by atoms with Crippen LogP contribution in [0.1, 0.15) is 25.8 Å². The first-order chi connectivity index (χ1) is 12.8. The molecule has 0 saturated heterocycles. The fraction of sp³-hybridized carbons (Fsp3) is 0.429. The molecule has 27 heavy (non-hydrogen) atoms. The molecule has 144 valence electrons. The third-order valence-corrected chi connectivity index (χ3v) is 4.97. The van der Waals surface area contributed by atoms with Crippen LogP contribution in [0.5, 0.6) is 11.5 Å². The van der Waals surface area contributed by atoms with E-state index in [9.17, 15) is 4.79 Å². The standard InChI is InChI=1S/C21H25NO5/c1-20(2)12-21(10-9-14(23)17(26-5)19(21)27-6)18(22-20)13-7-8-15(24-3)16(11-13)25-4/h7-11H,12H2,1-6H3/t21-/m0/s1. The molecule has 6 nitrogen and oxygen atoms in total. The Hall–Kier alpha value is -2.76. The van der Waals surface area contributed by atoms with Gasteiger partial charge >= 0.3 is 0 Å². The Balaban J connectivity index is 2.23. The lowest BCUT2D eigenvalue weighted by Gasteiger charge is -2.34. The fourth-order valence-electron chi connectivity index (χ4n) is 3.99. The van der Waals surface area contributed by atoms with E-state index in [4.69, 9.17) is 23.9 Å². The Morgan fingerprint density at radius 3 is 2.26 bits per heavy atom. The highest BCUT2D eigenvalue weighted by atomic mass is 16.5. The lowest BCUT2D eigenvalue weighted by atomic mass is 9.71. The zero-order chi connectivity index (χ0) is 19.8. The molecule has 6 heteroatoms. The van der Waals surface area contributed by atoms with Gasteiger partial charge < -0.3 is 18.9 Å². The van der Waals surface area contributed by atoms with E-state index in [0.717, 1.165) is 11.3 Å². The molecule has 1 aliphatic carbocycles. The third kappa shape index (κ3) is 2.99. The van der Waals surface area contributed by atoms with Crippen molar-refractivity contribution in [3.63, 3.8) is 0 Å².